The van der Waals surface area contributed by atoms with Crippen LogP contribution in [0.1, 0.15) is 10.6 Å². The first-order valence-corrected chi connectivity index (χ1v) is 7.76. The van der Waals surface area contributed by atoms with Gasteiger partial charge in [-0.25, -0.2) is 0 Å². The average Bonchev–Trinajstić information content (AvgIpc) is 2.81. The molecule has 19 heavy (non-hydrogen) atoms. The topological polar surface area (TPSA) is 54.9 Å². The van der Waals surface area contributed by atoms with E-state index in [1.165, 1.54) is 23.1 Å². The van der Waals surface area contributed by atoms with E-state index in [9.17, 15) is 4.79 Å². The Morgan fingerprint density at radius 2 is 2.21 bits per heavy atom. The summed E-state index contributed by atoms with van der Waals surface area (Å²) in [4.78, 5) is 11.7. The second-order valence-corrected chi connectivity index (χ2v) is 6.56. The third kappa shape index (κ3) is 4.49. The van der Waals surface area contributed by atoms with Crippen molar-refractivity contribution in [1.29, 1.82) is 0 Å². The Hall–Kier alpha value is -1.11. The Balaban J connectivity index is 1.77. The van der Waals surface area contributed by atoms with Crippen LogP contribution in [-0.4, -0.2) is 21.9 Å². The summed E-state index contributed by atoms with van der Waals surface area (Å²) in [6.45, 7) is 2.33. The average molecular weight is 314 g/mol. The molecule has 1 amide bonds. The van der Waals surface area contributed by atoms with Crippen LogP contribution in [0.25, 0.3) is 0 Å². The van der Waals surface area contributed by atoms with E-state index in [2.05, 4.69) is 15.5 Å². The lowest BCUT2D eigenvalue weighted by Gasteiger charge is -2.05. The Bertz CT molecular complexity index is 574. The van der Waals surface area contributed by atoms with E-state index < -0.39 is 0 Å². The van der Waals surface area contributed by atoms with Crippen molar-refractivity contribution < 1.29 is 4.79 Å². The van der Waals surface area contributed by atoms with Crippen LogP contribution in [0.4, 0.5) is 0 Å². The summed E-state index contributed by atoms with van der Waals surface area (Å²) in [5.41, 5.74) is 0.911. The highest BCUT2D eigenvalue weighted by Gasteiger charge is 2.07. The van der Waals surface area contributed by atoms with Crippen molar-refractivity contribution in [3.8, 4) is 0 Å². The van der Waals surface area contributed by atoms with Gasteiger partial charge in [-0.1, -0.05) is 52.9 Å². The third-order valence-corrected chi connectivity index (χ3v) is 4.61. The first kappa shape index (κ1) is 14.3. The molecule has 1 aromatic heterocycles. The highest BCUT2D eigenvalue weighted by molar-refractivity contribution is 8.01. The number of carbonyl (C=O) groups is 1. The van der Waals surface area contributed by atoms with Gasteiger partial charge in [-0.15, -0.1) is 10.2 Å². The van der Waals surface area contributed by atoms with Crippen molar-refractivity contribution in [1.82, 2.24) is 15.5 Å². The lowest BCUT2D eigenvalue weighted by Crippen LogP contribution is -2.24. The van der Waals surface area contributed by atoms with Crippen LogP contribution in [-0.2, 0) is 11.3 Å². The zero-order valence-corrected chi connectivity index (χ0v) is 12.6. The number of amides is 1. The Morgan fingerprint density at radius 1 is 1.42 bits per heavy atom. The molecule has 1 heterocycles. The van der Waals surface area contributed by atoms with Gasteiger partial charge in [0, 0.05) is 11.6 Å². The smallest absolute Gasteiger partial charge is 0.230 e. The fourth-order valence-corrected chi connectivity index (χ4v) is 3.20. The van der Waals surface area contributed by atoms with E-state index in [0.717, 1.165) is 14.9 Å². The van der Waals surface area contributed by atoms with E-state index in [-0.39, 0.29) is 5.91 Å². The van der Waals surface area contributed by atoms with Gasteiger partial charge in [-0.05, 0) is 18.6 Å². The van der Waals surface area contributed by atoms with E-state index in [1.54, 1.807) is 0 Å². The molecule has 0 aliphatic carbocycles. The van der Waals surface area contributed by atoms with Gasteiger partial charge in [-0.3, -0.25) is 4.79 Å². The summed E-state index contributed by atoms with van der Waals surface area (Å²) in [5, 5.41) is 12.2. The number of rotatable bonds is 5. The van der Waals surface area contributed by atoms with Gasteiger partial charge in [-0.2, -0.15) is 0 Å². The van der Waals surface area contributed by atoms with Crippen molar-refractivity contribution in [2.75, 3.05) is 5.75 Å². The van der Waals surface area contributed by atoms with Crippen molar-refractivity contribution >= 4 is 40.6 Å². The molecule has 0 unspecified atom stereocenters. The van der Waals surface area contributed by atoms with E-state index >= 15 is 0 Å². The number of thioether (sulfide) groups is 1. The molecule has 0 spiro atoms. The summed E-state index contributed by atoms with van der Waals surface area (Å²) in [7, 11) is 0. The molecule has 0 fully saturated rings. The Morgan fingerprint density at radius 3 is 2.89 bits per heavy atom. The molecule has 0 bridgehead atoms. The molecule has 0 saturated heterocycles. The van der Waals surface area contributed by atoms with Gasteiger partial charge in [0.1, 0.15) is 5.01 Å². The predicted octanol–water partition coefficient (Wildman–Crippen LogP) is 2.91. The maximum atomic E-state index is 11.7. The number of hydrogen-bond donors (Lipinski definition) is 1. The summed E-state index contributed by atoms with van der Waals surface area (Å²) in [6, 6.07) is 7.46. The molecule has 0 atom stereocenters. The Kier molecular flexibility index (Phi) is 5.18. The number of benzene rings is 1. The summed E-state index contributed by atoms with van der Waals surface area (Å²) >= 11 is 8.89. The zero-order valence-electron chi connectivity index (χ0n) is 10.2. The Labute approximate surface area is 124 Å². The molecule has 2 aromatic rings. The van der Waals surface area contributed by atoms with E-state index in [0.29, 0.717) is 17.3 Å². The maximum absolute atomic E-state index is 11.7. The van der Waals surface area contributed by atoms with Crippen LogP contribution >= 0.6 is 34.7 Å². The second kappa shape index (κ2) is 6.88. The standard InChI is InChI=1S/C12H12ClN3OS2/c1-8-15-16-12(19-8)18-7-11(17)14-6-9-4-2-3-5-10(9)13/h2-5H,6-7H2,1H3,(H,14,17). The quantitative estimate of drug-likeness (QED) is 0.862. The largest absolute Gasteiger partial charge is 0.351 e. The molecule has 2 rings (SSSR count). The van der Waals surface area contributed by atoms with Gasteiger partial charge in [0.2, 0.25) is 5.91 Å². The molecular formula is C12H12ClN3OS2. The number of hydrogen-bond acceptors (Lipinski definition) is 5. The minimum absolute atomic E-state index is 0.0437. The van der Waals surface area contributed by atoms with Crippen LogP contribution in [0.2, 0.25) is 5.02 Å². The van der Waals surface area contributed by atoms with Crippen LogP contribution in [0.15, 0.2) is 28.6 Å². The van der Waals surface area contributed by atoms with Gasteiger partial charge < -0.3 is 5.32 Å². The fraction of sp³-hybridized carbons (Fsp3) is 0.250. The number of aryl methyl sites for hydroxylation is 1. The maximum Gasteiger partial charge on any atom is 0.230 e. The molecule has 4 nitrogen and oxygen atoms in total. The fourth-order valence-electron chi connectivity index (χ4n) is 1.35. The number of carbonyl (C=O) groups excluding carboxylic acids is 1. The van der Waals surface area contributed by atoms with Crippen molar-refractivity contribution in [2.24, 2.45) is 0 Å². The van der Waals surface area contributed by atoms with Gasteiger partial charge in [0.05, 0.1) is 5.75 Å². The molecular weight excluding hydrogens is 302 g/mol. The molecule has 1 aromatic carbocycles. The zero-order chi connectivity index (χ0) is 13.7. The molecule has 7 heteroatoms. The van der Waals surface area contributed by atoms with Gasteiger partial charge in [0.15, 0.2) is 4.34 Å². The second-order valence-electron chi connectivity index (χ2n) is 3.74. The highest BCUT2D eigenvalue weighted by atomic mass is 35.5. The van der Waals surface area contributed by atoms with Crippen LogP contribution in [0.3, 0.4) is 0 Å². The van der Waals surface area contributed by atoms with Crippen LogP contribution < -0.4 is 5.32 Å². The van der Waals surface area contributed by atoms with Crippen molar-refractivity contribution in [3.05, 3.63) is 39.9 Å². The molecule has 100 valence electrons. The van der Waals surface area contributed by atoms with Crippen molar-refractivity contribution in [3.63, 3.8) is 0 Å². The number of halogens is 1. The van der Waals surface area contributed by atoms with Crippen molar-refractivity contribution in [2.45, 2.75) is 17.8 Å². The molecule has 0 aliphatic rings. The first-order valence-electron chi connectivity index (χ1n) is 5.58. The predicted molar refractivity (Wildman–Crippen MR) is 78.7 cm³/mol. The lowest BCUT2D eigenvalue weighted by atomic mass is 10.2. The first-order chi connectivity index (χ1) is 9.15. The highest BCUT2D eigenvalue weighted by Crippen LogP contribution is 2.21. The number of aromatic nitrogens is 2. The molecule has 0 saturated carbocycles. The molecule has 0 radical (unpaired) electrons. The summed E-state index contributed by atoms with van der Waals surface area (Å²) < 4.78 is 0.811. The minimum Gasteiger partial charge on any atom is -0.351 e. The molecule has 0 aliphatic heterocycles. The summed E-state index contributed by atoms with van der Waals surface area (Å²) in [6.07, 6.45) is 0. The van der Waals surface area contributed by atoms with Crippen LogP contribution in [0, 0.1) is 6.92 Å². The molecule has 1 N–H and O–H groups in total. The van der Waals surface area contributed by atoms with Crippen LogP contribution in [0.5, 0.6) is 0 Å². The van der Waals surface area contributed by atoms with Gasteiger partial charge >= 0.3 is 0 Å². The van der Waals surface area contributed by atoms with E-state index in [4.69, 9.17) is 11.6 Å². The SMILES string of the molecule is Cc1nnc(SCC(=O)NCc2ccccc2Cl)s1. The normalized spacial score (nSPS) is 10.4. The third-order valence-electron chi connectivity index (χ3n) is 2.27. The summed E-state index contributed by atoms with van der Waals surface area (Å²) in [5.74, 6) is 0.289. The number of nitrogens with zero attached hydrogens (tertiary/aromatic N) is 2. The number of nitrogens with one attached hydrogen (secondary N) is 1. The minimum atomic E-state index is -0.0437. The monoisotopic (exact) mass is 313 g/mol. The van der Waals surface area contributed by atoms with E-state index in [1.807, 2.05) is 31.2 Å². The lowest BCUT2D eigenvalue weighted by molar-refractivity contribution is -0.118. The van der Waals surface area contributed by atoms with Gasteiger partial charge in [0.25, 0.3) is 0 Å².